The van der Waals surface area contributed by atoms with Gasteiger partial charge in [0.15, 0.2) is 11.8 Å². The second kappa shape index (κ2) is 4.79. The van der Waals surface area contributed by atoms with Gasteiger partial charge >= 0.3 is 0 Å². The molecule has 4 heteroatoms. The highest BCUT2D eigenvalue weighted by molar-refractivity contribution is 5.27. The molecule has 4 N–H and O–H groups in total. The summed E-state index contributed by atoms with van der Waals surface area (Å²) >= 11 is 0. The van der Waals surface area contributed by atoms with Crippen molar-refractivity contribution in [3.63, 3.8) is 0 Å². The van der Waals surface area contributed by atoms with E-state index in [4.69, 9.17) is 20.9 Å². The van der Waals surface area contributed by atoms with Crippen LogP contribution in [0.3, 0.4) is 0 Å². The van der Waals surface area contributed by atoms with Crippen LogP contribution in [-0.2, 0) is 9.47 Å². The smallest absolute Gasteiger partial charge is 0.187 e. The molecule has 0 bridgehead atoms. The van der Waals surface area contributed by atoms with E-state index in [0.717, 1.165) is 5.57 Å². The highest BCUT2D eigenvalue weighted by Gasteiger charge is 2.19. The fraction of sp³-hybridized carbons (Fsp3) is 0.600. The Bertz CT molecular complexity index is 249. The number of rotatable bonds is 3. The molecule has 0 aliphatic carbocycles. The number of nitrogens with two attached hydrogens (primary N) is 2. The van der Waals surface area contributed by atoms with Gasteiger partial charge in [0.1, 0.15) is 0 Å². The fourth-order valence-electron chi connectivity index (χ4n) is 0.968. The van der Waals surface area contributed by atoms with Crippen LogP contribution < -0.4 is 11.5 Å². The molecule has 0 heterocycles. The van der Waals surface area contributed by atoms with Crippen molar-refractivity contribution in [3.05, 3.63) is 23.4 Å². The largest absolute Gasteiger partial charge is 0.483 e. The molecule has 0 amide bonds. The topological polar surface area (TPSA) is 70.5 Å². The van der Waals surface area contributed by atoms with E-state index < -0.39 is 0 Å². The van der Waals surface area contributed by atoms with Crippen LogP contribution in [0.15, 0.2) is 23.4 Å². The zero-order valence-electron chi connectivity index (χ0n) is 9.55. The normalized spacial score (nSPS) is 14.8. The number of hydrogen-bond donors (Lipinski definition) is 2. The Morgan fingerprint density at radius 2 is 1.57 bits per heavy atom. The third-order valence-corrected chi connectivity index (χ3v) is 1.82. The van der Waals surface area contributed by atoms with Crippen LogP contribution in [0.2, 0.25) is 0 Å². The zero-order chi connectivity index (χ0) is 11.4. The summed E-state index contributed by atoms with van der Waals surface area (Å²) in [4.78, 5) is 0. The van der Waals surface area contributed by atoms with Gasteiger partial charge in [-0.05, 0) is 5.41 Å². The van der Waals surface area contributed by atoms with Gasteiger partial charge in [0.05, 0.1) is 14.2 Å². The average molecular weight is 200 g/mol. The van der Waals surface area contributed by atoms with Gasteiger partial charge in [-0.3, -0.25) is 0 Å². The average Bonchev–Trinajstić information content (AvgIpc) is 2.10. The maximum absolute atomic E-state index is 5.71. The van der Waals surface area contributed by atoms with Crippen molar-refractivity contribution >= 4 is 0 Å². The van der Waals surface area contributed by atoms with Gasteiger partial charge in [-0.15, -0.1) is 0 Å². The Labute approximate surface area is 85.6 Å². The highest BCUT2D eigenvalue weighted by Crippen LogP contribution is 2.28. The van der Waals surface area contributed by atoms with E-state index in [9.17, 15) is 0 Å². The van der Waals surface area contributed by atoms with Crippen LogP contribution in [0.25, 0.3) is 0 Å². The Balaban J connectivity index is 5.15. The molecule has 4 nitrogen and oxygen atoms in total. The molecule has 0 atom stereocenters. The van der Waals surface area contributed by atoms with E-state index in [0.29, 0.717) is 11.8 Å². The summed E-state index contributed by atoms with van der Waals surface area (Å²) in [6.07, 6.45) is 1.68. The number of hydrogen-bond acceptors (Lipinski definition) is 4. The lowest BCUT2D eigenvalue weighted by Gasteiger charge is -2.22. The Hall–Kier alpha value is -1.32. The van der Waals surface area contributed by atoms with Crippen molar-refractivity contribution in [1.29, 1.82) is 0 Å². The fourth-order valence-corrected chi connectivity index (χ4v) is 0.968. The van der Waals surface area contributed by atoms with Crippen LogP contribution in [0.1, 0.15) is 20.8 Å². The van der Waals surface area contributed by atoms with E-state index >= 15 is 0 Å². The molecule has 0 aromatic heterocycles. The first kappa shape index (κ1) is 12.7. The summed E-state index contributed by atoms with van der Waals surface area (Å²) in [6.45, 7) is 6.06. The van der Waals surface area contributed by atoms with Gasteiger partial charge < -0.3 is 20.9 Å². The van der Waals surface area contributed by atoms with E-state index in [1.54, 1.807) is 6.08 Å². The minimum absolute atomic E-state index is 0.136. The van der Waals surface area contributed by atoms with Gasteiger partial charge in [0.25, 0.3) is 0 Å². The van der Waals surface area contributed by atoms with Gasteiger partial charge in [-0.2, -0.15) is 0 Å². The minimum Gasteiger partial charge on any atom is -0.483 e. The van der Waals surface area contributed by atoms with Crippen molar-refractivity contribution < 1.29 is 9.47 Å². The predicted molar refractivity (Wildman–Crippen MR) is 57.0 cm³/mol. The summed E-state index contributed by atoms with van der Waals surface area (Å²) in [5.41, 5.74) is 11.9. The van der Waals surface area contributed by atoms with Crippen molar-refractivity contribution in [2.75, 3.05) is 14.2 Å². The van der Waals surface area contributed by atoms with Crippen LogP contribution in [0, 0.1) is 5.41 Å². The number of ether oxygens (including phenoxy) is 2. The third-order valence-electron chi connectivity index (χ3n) is 1.82. The second-order valence-corrected chi connectivity index (χ2v) is 3.98. The first-order chi connectivity index (χ1) is 6.32. The molecule has 82 valence electrons. The first-order valence-electron chi connectivity index (χ1n) is 4.38. The van der Waals surface area contributed by atoms with Gasteiger partial charge in [-0.1, -0.05) is 20.8 Å². The summed E-state index contributed by atoms with van der Waals surface area (Å²) in [7, 11) is 3.03. The highest BCUT2D eigenvalue weighted by atomic mass is 16.5. The summed E-state index contributed by atoms with van der Waals surface area (Å²) in [6, 6.07) is 0. The van der Waals surface area contributed by atoms with Crippen LogP contribution in [0.5, 0.6) is 0 Å². The summed E-state index contributed by atoms with van der Waals surface area (Å²) < 4.78 is 9.85. The molecule has 0 radical (unpaired) electrons. The molecule has 0 aromatic carbocycles. The molecule has 0 saturated heterocycles. The van der Waals surface area contributed by atoms with E-state index in [1.165, 1.54) is 14.2 Å². The van der Waals surface area contributed by atoms with Crippen molar-refractivity contribution in [2.24, 2.45) is 16.9 Å². The molecule has 0 aliphatic heterocycles. The van der Waals surface area contributed by atoms with Gasteiger partial charge in [-0.25, -0.2) is 0 Å². The second-order valence-electron chi connectivity index (χ2n) is 3.98. The third kappa shape index (κ3) is 3.60. The van der Waals surface area contributed by atoms with Crippen molar-refractivity contribution in [2.45, 2.75) is 20.8 Å². The Kier molecular flexibility index (Phi) is 4.34. The molecule has 0 rings (SSSR count). The van der Waals surface area contributed by atoms with Crippen LogP contribution >= 0.6 is 0 Å². The minimum atomic E-state index is -0.136. The lowest BCUT2D eigenvalue weighted by atomic mass is 9.86. The molecule has 0 spiro atoms. The molecule has 0 fully saturated rings. The van der Waals surface area contributed by atoms with E-state index in [-0.39, 0.29) is 5.41 Å². The lowest BCUT2D eigenvalue weighted by molar-refractivity contribution is 0.267. The standard InChI is InChI=1S/C10H20N2O2/c1-10(2,3)7(9(12)14-5)6-8(11)13-4/h6H,11-12H2,1-5H3/b8-6+,9-7-. The molecule has 0 saturated carbocycles. The van der Waals surface area contributed by atoms with E-state index in [2.05, 4.69) is 0 Å². The van der Waals surface area contributed by atoms with Gasteiger partial charge in [0, 0.05) is 11.6 Å². The molecule has 14 heavy (non-hydrogen) atoms. The Morgan fingerprint density at radius 3 is 1.86 bits per heavy atom. The molecular formula is C10H20N2O2. The Morgan fingerprint density at radius 1 is 1.07 bits per heavy atom. The first-order valence-corrected chi connectivity index (χ1v) is 4.38. The maximum atomic E-state index is 5.71. The summed E-state index contributed by atoms with van der Waals surface area (Å²) in [5, 5.41) is 0. The van der Waals surface area contributed by atoms with Crippen molar-refractivity contribution in [3.8, 4) is 0 Å². The predicted octanol–water partition coefficient (Wildman–Crippen LogP) is 1.30. The quantitative estimate of drug-likeness (QED) is 0.532. The summed E-state index contributed by atoms with van der Waals surface area (Å²) in [5.74, 6) is 0.674. The monoisotopic (exact) mass is 200 g/mol. The zero-order valence-corrected chi connectivity index (χ0v) is 9.55. The molecule has 0 aromatic rings. The SMILES string of the molecule is CO/C(N)=C(/C=C(\N)OC)C(C)(C)C. The van der Waals surface area contributed by atoms with Gasteiger partial charge in [0.2, 0.25) is 0 Å². The number of allylic oxidation sites excluding steroid dienone is 2. The molecular weight excluding hydrogens is 180 g/mol. The van der Waals surface area contributed by atoms with Crippen LogP contribution in [0.4, 0.5) is 0 Å². The van der Waals surface area contributed by atoms with Crippen LogP contribution in [-0.4, -0.2) is 14.2 Å². The van der Waals surface area contributed by atoms with E-state index in [1.807, 2.05) is 20.8 Å². The lowest BCUT2D eigenvalue weighted by Crippen LogP contribution is -2.17. The molecule has 0 aliphatic rings. The number of methoxy groups -OCH3 is 2. The maximum Gasteiger partial charge on any atom is 0.187 e. The molecule has 0 unspecified atom stereocenters. The van der Waals surface area contributed by atoms with Crippen molar-refractivity contribution in [1.82, 2.24) is 0 Å².